The number of carboxylic acid groups (broad SMARTS) is 1. The first kappa shape index (κ1) is 18.5. The van der Waals surface area contributed by atoms with E-state index >= 15 is 0 Å². The van der Waals surface area contributed by atoms with E-state index in [1.165, 1.54) is 13.8 Å². The minimum Gasteiger partial charge on any atom is -0.481 e. The number of hydrogen-bond acceptors (Lipinski definition) is 3. The summed E-state index contributed by atoms with van der Waals surface area (Å²) in [7, 11) is 0. The summed E-state index contributed by atoms with van der Waals surface area (Å²) in [6.07, 6.45) is -0.317. The van der Waals surface area contributed by atoms with Gasteiger partial charge in [-0.25, -0.2) is 0 Å². The number of carboxylic acids is 1. The summed E-state index contributed by atoms with van der Waals surface area (Å²) in [5, 5.41) is 8.80. The van der Waals surface area contributed by atoms with Gasteiger partial charge in [0.1, 0.15) is 11.2 Å². The first-order valence-corrected chi connectivity index (χ1v) is 4.79. The summed E-state index contributed by atoms with van der Waals surface area (Å²) in [6.45, 7) is 7.74. The average Bonchev–Trinajstić information content (AvgIpc) is 2.01. The fourth-order valence-corrected chi connectivity index (χ4v) is 0.751. The molecule has 1 radical (unpaired) electrons. The maximum Gasteiger partial charge on any atom is 0.316 e. The molecule has 0 atom stereocenters. The molecule has 0 aromatic rings. The van der Waals surface area contributed by atoms with Crippen molar-refractivity contribution in [2.45, 2.75) is 41.0 Å². The molecule has 0 aliphatic rings. The first-order valence-electron chi connectivity index (χ1n) is 4.79. The number of carbonyl (C=O) groups excluding carboxylic acids is 2. The zero-order valence-electron chi connectivity index (χ0n) is 10.2. The topological polar surface area (TPSA) is 71.4 Å². The van der Waals surface area contributed by atoms with E-state index in [2.05, 4.69) is 0 Å². The molecule has 0 aliphatic heterocycles. The molecule has 0 rings (SSSR count). The number of rotatable bonds is 4. The molecule has 4 nitrogen and oxygen atoms in total. The van der Waals surface area contributed by atoms with Crippen LogP contribution in [0, 0.1) is 49.4 Å². The number of ketones is 2. The van der Waals surface area contributed by atoms with Crippen LogP contribution in [0.15, 0.2) is 0 Å². The van der Waals surface area contributed by atoms with Gasteiger partial charge in [0.25, 0.3) is 0 Å². The molecule has 0 amide bonds. The maximum absolute atomic E-state index is 11.6. The summed E-state index contributed by atoms with van der Waals surface area (Å²) in [5.74, 6) is -1.98. The van der Waals surface area contributed by atoms with Gasteiger partial charge in [-0.2, -0.15) is 0 Å². The third kappa shape index (κ3) is 4.95. The number of hydrogen-bond donors (Lipinski definition) is 1. The van der Waals surface area contributed by atoms with Crippen molar-refractivity contribution in [1.82, 2.24) is 0 Å². The molecule has 0 bridgehead atoms. The second kappa shape index (κ2) is 6.14. The average molecular weight is 373 g/mol. The smallest absolute Gasteiger partial charge is 0.316 e. The number of aliphatic carboxylic acids is 1. The molecule has 0 aliphatic carbocycles. The second-order valence-electron chi connectivity index (χ2n) is 5.20. The van der Waals surface area contributed by atoms with Crippen molar-refractivity contribution in [2.24, 2.45) is 10.8 Å². The summed E-state index contributed by atoms with van der Waals surface area (Å²) in [5.41, 5.74) is -2.09. The molecule has 0 aromatic carbocycles. The van der Waals surface area contributed by atoms with Crippen molar-refractivity contribution in [2.75, 3.05) is 0 Å². The summed E-state index contributed by atoms with van der Waals surface area (Å²) >= 11 is 0. The fourth-order valence-electron chi connectivity index (χ4n) is 0.751. The van der Waals surface area contributed by atoms with Gasteiger partial charge in [-0.3, -0.25) is 14.4 Å². The predicted octanol–water partition coefficient (Wildman–Crippen LogP) is 1.67. The van der Waals surface area contributed by atoms with Crippen molar-refractivity contribution < 1.29 is 58.1 Å². The molecule has 0 spiro atoms. The van der Waals surface area contributed by atoms with Crippen LogP contribution in [-0.2, 0) is 14.4 Å². The Morgan fingerprint density at radius 2 is 1.31 bits per heavy atom. The van der Waals surface area contributed by atoms with Crippen LogP contribution < -0.4 is 0 Å². The molecular weight excluding hydrogens is 355 g/mol. The zero-order chi connectivity index (χ0) is 12.4. The molecular formula is C11H18O4Tb. The Balaban J connectivity index is 0. The van der Waals surface area contributed by atoms with Crippen molar-refractivity contribution in [1.29, 1.82) is 0 Å². The molecule has 0 saturated heterocycles. The standard InChI is InChI=1S/C11H18O4.Tb/c1-10(2,3)7(12)6-8(13)11(4,5)9(14)15;/h6H2,1-5H3,(H,14,15);. The van der Waals surface area contributed by atoms with Crippen molar-refractivity contribution in [3.05, 3.63) is 0 Å². The molecule has 95 valence electrons. The second-order valence-corrected chi connectivity index (χ2v) is 5.20. The van der Waals surface area contributed by atoms with Crippen molar-refractivity contribution in [3.63, 3.8) is 0 Å². The van der Waals surface area contributed by atoms with Gasteiger partial charge in [-0.15, -0.1) is 0 Å². The largest absolute Gasteiger partial charge is 0.481 e. The van der Waals surface area contributed by atoms with Crippen LogP contribution in [0.25, 0.3) is 0 Å². The summed E-state index contributed by atoms with van der Waals surface area (Å²) in [4.78, 5) is 33.9. The van der Waals surface area contributed by atoms with Gasteiger partial charge in [-0.05, 0) is 13.8 Å². The van der Waals surface area contributed by atoms with Gasteiger partial charge in [0.2, 0.25) is 0 Å². The maximum atomic E-state index is 11.6. The minimum absolute atomic E-state index is 0. The Hall–Kier alpha value is 0.0957. The predicted molar refractivity (Wildman–Crippen MR) is 55.5 cm³/mol. The molecule has 0 saturated carbocycles. The van der Waals surface area contributed by atoms with E-state index in [0.717, 1.165) is 0 Å². The van der Waals surface area contributed by atoms with E-state index in [4.69, 9.17) is 5.11 Å². The molecule has 0 unspecified atom stereocenters. The molecule has 1 N–H and O–H groups in total. The SMILES string of the molecule is CC(C)(C)C(=O)CC(=O)C(C)(C)C(=O)O.[Tb]. The van der Waals surface area contributed by atoms with Gasteiger partial charge in [0.15, 0.2) is 5.78 Å². The van der Waals surface area contributed by atoms with E-state index < -0.39 is 22.6 Å². The van der Waals surface area contributed by atoms with Crippen LogP contribution in [-0.4, -0.2) is 22.6 Å². The quantitative estimate of drug-likeness (QED) is 0.762. The Kier molecular flexibility index (Phi) is 7.09. The van der Waals surface area contributed by atoms with E-state index in [9.17, 15) is 14.4 Å². The fraction of sp³-hybridized carbons (Fsp3) is 0.727. The molecule has 0 heterocycles. The Bertz CT molecular complexity index is 300. The van der Waals surface area contributed by atoms with Gasteiger partial charge < -0.3 is 5.11 Å². The summed E-state index contributed by atoms with van der Waals surface area (Å²) in [6, 6.07) is 0. The van der Waals surface area contributed by atoms with Crippen LogP contribution in [0.4, 0.5) is 0 Å². The third-order valence-corrected chi connectivity index (χ3v) is 2.39. The Morgan fingerprint density at radius 1 is 0.938 bits per heavy atom. The summed E-state index contributed by atoms with van der Waals surface area (Å²) < 4.78 is 0. The minimum atomic E-state index is -1.49. The van der Waals surface area contributed by atoms with Gasteiger partial charge in [0, 0.05) is 44.0 Å². The van der Waals surface area contributed by atoms with Crippen molar-refractivity contribution >= 4 is 17.5 Å². The number of Topliss-reactive ketones (excluding diaryl/α,β-unsaturated/α-hetero) is 2. The van der Waals surface area contributed by atoms with Crippen LogP contribution in [0.2, 0.25) is 0 Å². The van der Waals surface area contributed by atoms with Gasteiger partial charge in [-0.1, -0.05) is 20.8 Å². The molecule has 0 fully saturated rings. The molecule has 0 aromatic heterocycles. The van der Waals surface area contributed by atoms with E-state index in [1.54, 1.807) is 20.8 Å². The molecule has 16 heavy (non-hydrogen) atoms. The monoisotopic (exact) mass is 373 g/mol. The van der Waals surface area contributed by atoms with Gasteiger partial charge in [0.05, 0.1) is 6.42 Å². The van der Waals surface area contributed by atoms with Gasteiger partial charge >= 0.3 is 5.97 Å². The Labute approximate surface area is 127 Å². The van der Waals surface area contributed by atoms with E-state index in [-0.39, 0.29) is 50.8 Å². The van der Waals surface area contributed by atoms with Crippen LogP contribution in [0.5, 0.6) is 0 Å². The zero-order valence-corrected chi connectivity index (χ0v) is 12.4. The van der Waals surface area contributed by atoms with E-state index in [1.807, 2.05) is 0 Å². The van der Waals surface area contributed by atoms with Crippen LogP contribution >= 0.6 is 0 Å². The van der Waals surface area contributed by atoms with Crippen molar-refractivity contribution in [3.8, 4) is 0 Å². The Morgan fingerprint density at radius 3 is 1.56 bits per heavy atom. The van der Waals surface area contributed by atoms with Crippen LogP contribution in [0.3, 0.4) is 0 Å². The normalized spacial score (nSPS) is 11.6. The first-order chi connectivity index (χ1) is 6.49. The number of carbonyl (C=O) groups is 3. The van der Waals surface area contributed by atoms with Crippen LogP contribution in [0.1, 0.15) is 41.0 Å². The molecule has 5 heteroatoms. The van der Waals surface area contributed by atoms with E-state index in [0.29, 0.717) is 0 Å². The third-order valence-electron chi connectivity index (χ3n) is 2.39.